The Bertz CT molecular complexity index is 838. The number of halogens is 3. The van der Waals surface area contributed by atoms with Crippen LogP contribution in [-0.4, -0.2) is 35.4 Å². The van der Waals surface area contributed by atoms with Crippen LogP contribution in [0.25, 0.3) is 0 Å². The van der Waals surface area contributed by atoms with Gasteiger partial charge in [0.2, 0.25) is 21.8 Å². The Kier molecular flexibility index (Phi) is 3.68. The number of aromatic nitrogens is 2. The van der Waals surface area contributed by atoms with Crippen molar-refractivity contribution in [3.63, 3.8) is 0 Å². The summed E-state index contributed by atoms with van der Waals surface area (Å²) in [4.78, 5) is -0.406. The average Bonchev–Trinajstić information content (AvgIpc) is 3.02. The molecule has 124 valence electrons. The molecule has 0 unspecified atom stereocenters. The van der Waals surface area contributed by atoms with E-state index in [9.17, 15) is 21.6 Å². The molecule has 23 heavy (non-hydrogen) atoms. The van der Waals surface area contributed by atoms with Crippen molar-refractivity contribution in [2.75, 3.05) is 6.54 Å². The van der Waals surface area contributed by atoms with E-state index in [1.165, 1.54) is 13.0 Å². The molecule has 0 amide bonds. The number of sulfonamides is 1. The van der Waals surface area contributed by atoms with Crippen LogP contribution in [0.5, 0.6) is 0 Å². The molecule has 1 atom stereocenters. The normalized spacial score (nSPS) is 21.7. The molecular formula is C13H12F3N3O3S. The lowest BCUT2D eigenvalue weighted by Gasteiger charge is -2.20. The topological polar surface area (TPSA) is 76.3 Å². The predicted octanol–water partition coefficient (Wildman–Crippen LogP) is 2.29. The van der Waals surface area contributed by atoms with Crippen LogP contribution in [0.15, 0.2) is 33.6 Å². The Hall–Kier alpha value is -1.94. The van der Waals surface area contributed by atoms with Crippen molar-refractivity contribution < 1.29 is 26.0 Å². The van der Waals surface area contributed by atoms with Crippen molar-refractivity contribution in [3.8, 4) is 0 Å². The first kappa shape index (κ1) is 15.9. The summed E-state index contributed by atoms with van der Waals surface area (Å²) in [5.74, 6) is -4.09. The maximum absolute atomic E-state index is 13.8. The maximum atomic E-state index is 13.8. The summed E-state index contributed by atoms with van der Waals surface area (Å²) in [5.41, 5.74) is 0. The standard InChI is InChI=1S/C13H12F3N3O3S/c1-8-17-18-12(22-8)11-6-13(15,16)7-19(11)23(20,21)10-4-2-3-9(14)5-10/h2-5,11H,6-7H2,1H3/t11-/m0/s1. The number of hydrogen-bond donors (Lipinski definition) is 0. The van der Waals surface area contributed by atoms with Crippen molar-refractivity contribution in [2.45, 2.75) is 30.2 Å². The van der Waals surface area contributed by atoms with Crippen molar-refractivity contribution in [1.29, 1.82) is 0 Å². The summed E-state index contributed by atoms with van der Waals surface area (Å²) in [6.07, 6.45) is -0.775. The number of hydrogen-bond acceptors (Lipinski definition) is 5. The number of alkyl halides is 2. The van der Waals surface area contributed by atoms with Crippen LogP contribution in [0.3, 0.4) is 0 Å². The Morgan fingerprint density at radius 3 is 2.70 bits per heavy atom. The molecule has 6 nitrogen and oxygen atoms in total. The minimum Gasteiger partial charge on any atom is -0.424 e. The highest BCUT2D eigenvalue weighted by molar-refractivity contribution is 7.89. The molecule has 2 aromatic rings. The van der Waals surface area contributed by atoms with Gasteiger partial charge in [0, 0.05) is 13.3 Å². The van der Waals surface area contributed by atoms with E-state index < -0.39 is 45.7 Å². The van der Waals surface area contributed by atoms with E-state index in [0.717, 1.165) is 18.2 Å². The van der Waals surface area contributed by atoms with Gasteiger partial charge in [-0.05, 0) is 18.2 Å². The Labute approximate surface area is 130 Å². The number of benzene rings is 1. The van der Waals surface area contributed by atoms with Crippen molar-refractivity contribution in [1.82, 2.24) is 14.5 Å². The van der Waals surface area contributed by atoms with Crippen LogP contribution in [0.2, 0.25) is 0 Å². The average molecular weight is 347 g/mol. The highest BCUT2D eigenvalue weighted by Crippen LogP contribution is 2.43. The summed E-state index contributed by atoms with van der Waals surface area (Å²) in [6.45, 7) is 0.437. The second kappa shape index (κ2) is 5.31. The molecule has 1 aromatic heterocycles. The van der Waals surface area contributed by atoms with Crippen molar-refractivity contribution in [2.24, 2.45) is 0 Å². The third-order valence-electron chi connectivity index (χ3n) is 3.46. The molecule has 1 aliphatic heterocycles. The summed E-state index contributed by atoms with van der Waals surface area (Å²) < 4.78 is 71.8. The minimum atomic E-state index is -4.33. The summed E-state index contributed by atoms with van der Waals surface area (Å²) >= 11 is 0. The fraction of sp³-hybridized carbons (Fsp3) is 0.385. The Balaban J connectivity index is 2.04. The summed E-state index contributed by atoms with van der Waals surface area (Å²) in [7, 11) is -4.33. The van der Waals surface area contributed by atoms with E-state index in [4.69, 9.17) is 4.42 Å². The van der Waals surface area contributed by atoms with Crippen LogP contribution in [-0.2, 0) is 10.0 Å². The number of rotatable bonds is 3. The largest absolute Gasteiger partial charge is 0.424 e. The van der Waals surface area contributed by atoms with Crippen LogP contribution in [0, 0.1) is 12.7 Å². The monoisotopic (exact) mass is 347 g/mol. The van der Waals surface area contributed by atoms with Crippen LogP contribution in [0.4, 0.5) is 13.2 Å². The van der Waals surface area contributed by atoms with Gasteiger partial charge in [-0.3, -0.25) is 0 Å². The van der Waals surface area contributed by atoms with Gasteiger partial charge in [0.25, 0.3) is 5.92 Å². The van der Waals surface area contributed by atoms with Crippen molar-refractivity contribution >= 4 is 10.0 Å². The molecule has 0 spiro atoms. The molecule has 0 radical (unpaired) electrons. The fourth-order valence-electron chi connectivity index (χ4n) is 2.46. The first-order chi connectivity index (χ1) is 10.7. The summed E-state index contributed by atoms with van der Waals surface area (Å²) in [5, 5.41) is 7.18. The van der Waals surface area contributed by atoms with Gasteiger partial charge in [-0.15, -0.1) is 10.2 Å². The Morgan fingerprint density at radius 2 is 2.09 bits per heavy atom. The molecule has 3 rings (SSSR count). The summed E-state index contributed by atoms with van der Waals surface area (Å²) in [6, 6.07) is 2.89. The van der Waals surface area contributed by atoms with Gasteiger partial charge in [0.15, 0.2) is 0 Å². The van der Waals surface area contributed by atoms with E-state index in [1.54, 1.807) is 0 Å². The predicted molar refractivity (Wildman–Crippen MR) is 71.6 cm³/mol. The highest BCUT2D eigenvalue weighted by atomic mass is 32.2. The molecule has 0 saturated carbocycles. The van der Waals surface area contributed by atoms with E-state index in [0.29, 0.717) is 4.31 Å². The molecule has 1 saturated heterocycles. The zero-order chi connectivity index (χ0) is 16.8. The molecule has 0 N–H and O–H groups in total. The first-order valence-electron chi connectivity index (χ1n) is 6.64. The first-order valence-corrected chi connectivity index (χ1v) is 8.08. The van der Waals surface area contributed by atoms with Gasteiger partial charge in [-0.1, -0.05) is 6.07 Å². The van der Waals surface area contributed by atoms with Gasteiger partial charge in [0.1, 0.15) is 11.9 Å². The highest BCUT2D eigenvalue weighted by Gasteiger charge is 2.52. The molecule has 1 fully saturated rings. The molecule has 0 aliphatic carbocycles. The van der Waals surface area contributed by atoms with E-state index >= 15 is 0 Å². The molecule has 1 aliphatic rings. The number of nitrogens with zero attached hydrogens (tertiary/aromatic N) is 3. The third-order valence-corrected chi connectivity index (χ3v) is 5.31. The van der Waals surface area contributed by atoms with Crippen molar-refractivity contribution in [3.05, 3.63) is 41.9 Å². The van der Waals surface area contributed by atoms with Gasteiger partial charge in [-0.25, -0.2) is 21.6 Å². The SMILES string of the molecule is Cc1nnc([C@@H]2CC(F)(F)CN2S(=O)(=O)c2cccc(F)c2)o1. The molecule has 1 aromatic carbocycles. The minimum absolute atomic E-state index is 0.137. The van der Waals surface area contributed by atoms with E-state index in [1.807, 2.05) is 0 Å². The lowest BCUT2D eigenvalue weighted by molar-refractivity contribution is 0.0166. The van der Waals surface area contributed by atoms with Crippen LogP contribution >= 0.6 is 0 Å². The quantitative estimate of drug-likeness (QED) is 0.851. The molecule has 2 heterocycles. The lowest BCUT2D eigenvalue weighted by Crippen LogP contribution is -2.33. The van der Waals surface area contributed by atoms with Gasteiger partial charge in [-0.2, -0.15) is 4.31 Å². The van der Waals surface area contributed by atoms with Crippen LogP contribution < -0.4 is 0 Å². The number of aryl methyl sites for hydroxylation is 1. The Morgan fingerprint density at radius 1 is 1.35 bits per heavy atom. The molecular weight excluding hydrogens is 335 g/mol. The van der Waals surface area contributed by atoms with Gasteiger partial charge >= 0.3 is 0 Å². The zero-order valence-corrected chi connectivity index (χ0v) is 12.7. The van der Waals surface area contributed by atoms with Crippen LogP contribution in [0.1, 0.15) is 24.2 Å². The maximum Gasteiger partial charge on any atom is 0.263 e. The second-order valence-electron chi connectivity index (χ2n) is 5.24. The third kappa shape index (κ3) is 2.95. The molecule has 10 heteroatoms. The lowest BCUT2D eigenvalue weighted by atomic mass is 10.2. The van der Waals surface area contributed by atoms with E-state index in [-0.39, 0.29) is 11.8 Å². The zero-order valence-electron chi connectivity index (χ0n) is 11.9. The van der Waals surface area contributed by atoms with E-state index in [2.05, 4.69) is 10.2 Å². The smallest absolute Gasteiger partial charge is 0.263 e. The van der Waals surface area contributed by atoms with Gasteiger partial charge < -0.3 is 4.42 Å². The van der Waals surface area contributed by atoms with Gasteiger partial charge in [0.05, 0.1) is 11.4 Å². The molecule has 0 bridgehead atoms. The fourth-order valence-corrected chi connectivity index (χ4v) is 4.10. The second-order valence-corrected chi connectivity index (χ2v) is 7.13.